The van der Waals surface area contributed by atoms with Gasteiger partial charge in [-0.2, -0.15) is 0 Å². The fourth-order valence-corrected chi connectivity index (χ4v) is 1.33. The molecule has 1 aliphatic rings. The molecule has 1 heterocycles. The second-order valence-electron chi connectivity index (χ2n) is 3.47. The molecule has 0 amide bonds. The van der Waals surface area contributed by atoms with Crippen molar-refractivity contribution < 1.29 is 9.50 Å². The fourth-order valence-electron chi connectivity index (χ4n) is 1.33. The summed E-state index contributed by atoms with van der Waals surface area (Å²) in [7, 11) is 0. The molecule has 1 aromatic rings. The maximum absolute atomic E-state index is 11.3. The van der Waals surface area contributed by atoms with Crippen LogP contribution in [-0.4, -0.2) is 23.9 Å². The van der Waals surface area contributed by atoms with Gasteiger partial charge in [0, 0.05) is 33.7 Å². The summed E-state index contributed by atoms with van der Waals surface area (Å²) in [4.78, 5) is 19.3. The number of rotatable bonds is 0. The molecular weight excluding hydrogens is 230 g/mol. The highest BCUT2D eigenvalue weighted by Gasteiger charge is 2.02. The number of benzene rings is 1. The van der Waals surface area contributed by atoms with Gasteiger partial charge in [-0.05, 0) is 12.1 Å². The summed E-state index contributed by atoms with van der Waals surface area (Å²) in [5, 5.41) is 0. The fraction of sp³-hybridized carbons (Fsp3) is 0.0769. The maximum atomic E-state index is 11.3. The van der Waals surface area contributed by atoms with Crippen LogP contribution in [0, 0.1) is 4.91 Å². The molecule has 18 heavy (non-hydrogen) atoms. The Balaban J connectivity index is 2.30. The lowest BCUT2D eigenvalue weighted by molar-refractivity contribution is -0.468. The van der Waals surface area contributed by atoms with E-state index in [1.807, 2.05) is 18.2 Å². The van der Waals surface area contributed by atoms with E-state index in [-0.39, 0.29) is 6.54 Å². The largest absolute Gasteiger partial charge is 0.458 e. The summed E-state index contributed by atoms with van der Waals surface area (Å²) in [6, 6.07) is 7.40. The SMILES string of the molecule is O=[N+]1/C=C\Oc2ccccc2/C=N/C=N/C=C\C1. The predicted octanol–water partition coefficient (Wildman–Crippen LogP) is 2.29. The number of nitrogens with zero attached hydrogens (tertiary/aromatic N) is 3. The van der Waals surface area contributed by atoms with Crippen LogP contribution in [0.4, 0.5) is 0 Å². The Morgan fingerprint density at radius 1 is 1.22 bits per heavy atom. The number of hydrogen-bond acceptors (Lipinski definition) is 4. The normalized spacial score (nSPS) is 22.3. The van der Waals surface area contributed by atoms with Crippen molar-refractivity contribution in [2.24, 2.45) is 9.98 Å². The maximum Gasteiger partial charge on any atom is 0.256 e. The summed E-state index contributed by atoms with van der Waals surface area (Å²) >= 11 is 0. The molecule has 0 bridgehead atoms. The lowest BCUT2D eigenvalue weighted by Crippen LogP contribution is -1.99. The van der Waals surface area contributed by atoms with E-state index in [2.05, 4.69) is 9.98 Å². The van der Waals surface area contributed by atoms with Gasteiger partial charge >= 0.3 is 0 Å². The second-order valence-corrected chi connectivity index (χ2v) is 3.47. The molecule has 90 valence electrons. The van der Waals surface area contributed by atoms with E-state index in [9.17, 15) is 4.91 Å². The zero-order chi connectivity index (χ0) is 12.6. The predicted molar refractivity (Wildman–Crippen MR) is 69.9 cm³/mol. The summed E-state index contributed by atoms with van der Waals surface area (Å²) in [5.74, 6) is 0.631. The minimum Gasteiger partial charge on any atom is -0.458 e. The zero-order valence-corrected chi connectivity index (χ0v) is 9.64. The van der Waals surface area contributed by atoms with Crippen LogP contribution in [0.5, 0.6) is 5.75 Å². The molecule has 0 saturated heterocycles. The van der Waals surface area contributed by atoms with Gasteiger partial charge in [0.15, 0.2) is 6.26 Å². The lowest BCUT2D eigenvalue weighted by atomic mass is 10.2. The molecule has 0 aliphatic carbocycles. The molecule has 0 fully saturated rings. The monoisotopic (exact) mass is 242 g/mol. The Labute approximate surface area is 104 Å². The van der Waals surface area contributed by atoms with Crippen molar-refractivity contribution in [1.82, 2.24) is 0 Å². The smallest absolute Gasteiger partial charge is 0.256 e. The molecule has 0 N–H and O–H groups in total. The molecular formula is C13H12N3O2+. The van der Waals surface area contributed by atoms with Crippen molar-refractivity contribution in [3.8, 4) is 5.75 Å². The number of nitroso groups, excluding NO2 is 1. The molecule has 2 rings (SSSR count). The van der Waals surface area contributed by atoms with Gasteiger partial charge in [-0.25, -0.2) is 9.98 Å². The lowest BCUT2D eigenvalue weighted by Gasteiger charge is -2.01. The van der Waals surface area contributed by atoms with Gasteiger partial charge in [0.1, 0.15) is 12.1 Å². The van der Waals surface area contributed by atoms with E-state index >= 15 is 0 Å². The molecule has 0 aromatic heterocycles. The average Bonchev–Trinajstić information content (AvgIpc) is 2.40. The Bertz CT molecular complexity index is 545. The summed E-state index contributed by atoms with van der Waals surface area (Å²) in [6.07, 6.45) is 8.89. The topological polar surface area (TPSA) is 54.0 Å². The number of aliphatic imine (C=N–C) groups is 2. The standard InChI is InChI=1S/C13H12N3O2/c17-16-7-3-6-14-11-15-10-12-4-1-2-5-13(12)18-9-8-16/h1-6,8-11H,7H2/q+1/b6-3-,9-8-,14-11+,15-10+. The minimum atomic E-state index is 0.211. The molecule has 5 heteroatoms. The third-order valence-electron chi connectivity index (χ3n) is 2.16. The van der Waals surface area contributed by atoms with Gasteiger partial charge in [-0.1, -0.05) is 12.1 Å². The Morgan fingerprint density at radius 3 is 3.06 bits per heavy atom. The number of hydrogen-bond donors (Lipinski definition) is 0. The summed E-state index contributed by atoms with van der Waals surface area (Å²) in [5.41, 5.74) is 0.814. The van der Waals surface area contributed by atoms with Crippen molar-refractivity contribution in [1.29, 1.82) is 0 Å². The third-order valence-corrected chi connectivity index (χ3v) is 2.16. The first-order chi connectivity index (χ1) is 8.86. The number of fused-ring (bicyclic) bond motifs is 1. The van der Waals surface area contributed by atoms with Gasteiger partial charge in [0.25, 0.3) is 6.20 Å². The third kappa shape index (κ3) is 3.48. The van der Waals surface area contributed by atoms with E-state index < -0.39 is 0 Å². The molecule has 0 atom stereocenters. The average molecular weight is 242 g/mol. The molecule has 0 unspecified atom stereocenters. The van der Waals surface area contributed by atoms with Crippen LogP contribution in [0.2, 0.25) is 0 Å². The van der Waals surface area contributed by atoms with E-state index in [1.165, 1.54) is 25.0 Å². The molecule has 5 nitrogen and oxygen atoms in total. The van der Waals surface area contributed by atoms with E-state index in [0.29, 0.717) is 5.75 Å². The molecule has 1 aliphatic heterocycles. The molecule has 0 saturated carbocycles. The highest BCUT2D eigenvalue weighted by atomic mass is 16.5. The van der Waals surface area contributed by atoms with Crippen molar-refractivity contribution >= 4 is 12.6 Å². The van der Waals surface area contributed by atoms with Gasteiger partial charge in [-0.15, -0.1) is 0 Å². The first-order valence-corrected chi connectivity index (χ1v) is 5.42. The first kappa shape index (κ1) is 11.9. The van der Waals surface area contributed by atoms with E-state index in [0.717, 1.165) is 10.3 Å². The van der Waals surface area contributed by atoms with E-state index in [1.54, 1.807) is 18.4 Å². The van der Waals surface area contributed by atoms with Gasteiger partial charge in [0.2, 0.25) is 6.54 Å². The van der Waals surface area contributed by atoms with Crippen molar-refractivity contribution in [3.05, 3.63) is 59.5 Å². The summed E-state index contributed by atoms with van der Waals surface area (Å²) < 4.78 is 6.13. The number of ether oxygens (including phenoxy) is 1. The van der Waals surface area contributed by atoms with Gasteiger partial charge in [0.05, 0.1) is 0 Å². The van der Waals surface area contributed by atoms with Crippen LogP contribution in [-0.2, 0) is 0 Å². The van der Waals surface area contributed by atoms with E-state index in [4.69, 9.17) is 4.74 Å². The molecule has 0 spiro atoms. The van der Waals surface area contributed by atoms with Crippen molar-refractivity contribution in [2.75, 3.05) is 6.54 Å². The minimum absolute atomic E-state index is 0.211. The van der Waals surface area contributed by atoms with Crippen LogP contribution < -0.4 is 4.74 Å². The highest BCUT2D eigenvalue weighted by molar-refractivity contribution is 5.88. The highest BCUT2D eigenvalue weighted by Crippen LogP contribution is 2.16. The quantitative estimate of drug-likeness (QED) is 0.655. The molecule has 1 aromatic carbocycles. The Hall–Kier alpha value is -2.56. The Morgan fingerprint density at radius 2 is 2.11 bits per heavy atom. The zero-order valence-electron chi connectivity index (χ0n) is 9.64. The van der Waals surface area contributed by atoms with Gasteiger partial charge in [-0.3, -0.25) is 0 Å². The summed E-state index contributed by atoms with van der Waals surface area (Å²) in [6.45, 7) is 0.211. The van der Waals surface area contributed by atoms with Crippen molar-refractivity contribution in [2.45, 2.75) is 0 Å². The molecule has 0 radical (unpaired) electrons. The van der Waals surface area contributed by atoms with Crippen LogP contribution in [0.25, 0.3) is 0 Å². The first-order valence-electron chi connectivity index (χ1n) is 5.42. The van der Waals surface area contributed by atoms with Crippen LogP contribution in [0.1, 0.15) is 5.56 Å². The van der Waals surface area contributed by atoms with Crippen LogP contribution >= 0.6 is 0 Å². The second kappa shape index (κ2) is 6.24. The van der Waals surface area contributed by atoms with Crippen LogP contribution in [0.15, 0.2) is 59.0 Å². The van der Waals surface area contributed by atoms with Gasteiger partial charge < -0.3 is 4.74 Å². The Kier molecular flexibility index (Phi) is 4.13. The number of para-hydroxylation sites is 1. The van der Waals surface area contributed by atoms with Crippen LogP contribution in [0.3, 0.4) is 0 Å². The van der Waals surface area contributed by atoms with Crippen molar-refractivity contribution in [3.63, 3.8) is 0 Å².